The van der Waals surface area contributed by atoms with Crippen LogP contribution in [0.1, 0.15) is 24.7 Å². The first-order chi connectivity index (χ1) is 11.2. The number of aryl methyl sites for hydroxylation is 1. The lowest BCUT2D eigenvalue weighted by molar-refractivity contribution is 0.704. The number of nitrogens with zero attached hydrogens (tertiary/aromatic N) is 3. The average molecular weight is 370 g/mol. The molecule has 1 aromatic heterocycles. The number of hydrogen-bond donors (Lipinski definition) is 0. The minimum atomic E-state index is -0.134. The van der Waals surface area contributed by atoms with Crippen LogP contribution < -0.4 is 5.56 Å². The van der Waals surface area contributed by atoms with Crippen LogP contribution in [0, 0.1) is 0 Å². The highest BCUT2D eigenvalue weighted by Gasteiger charge is 2.09. The quantitative estimate of drug-likeness (QED) is 0.652. The van der Waals surface area contributed by atoms with Gasteiger partial charge in [-0.2, -0.15) is 9.78 Å². The van der Waals surface area contributed by atoms with Crippen LogP contribution in [-0.4, -0.2) is 15.9 Å². The molecule has 0 spiro atoms. The second-order valence-corrected chi connectivity index (χ2v) is 6.13. The lowest BCUT2D eigenvalue weighted by Crippen LogP contribution is -2.22. The summed E-state index contributed by atoms with van der Waals surface area (Å²) in [6.07, 6.45) is 3.29. The van der Waals surface area contributed by atoms with Crippen molar-refractivity contribution >= 4 is 33.0 Å². The molecule has 0 amide bonds. The van der Waals surface area contributed by atoms with E-state index >= 15 is 0 Å². The smallest absolute Gasteiger partial charge is 0.267 e. The van der Waals surface area contributed by atoms with E-state index in [1.165, 1.54) is 4.68 Å². The van der Waals surface area contributed by atoms with Gasteiger partial charge in [0.2, 0.25) is 0 Å². The van der Waals surface area contributed by atoms with Crippen molar-refractivity contribution in [3.63, 3.8) is 0 Å². The topological polar surface area (TPSA) is 47.2 Å². The minimum absolute atomic E-state index is 0.134. The summed E-state index contributed by atoms with van der Waals surface area (Å²) in [6.45, 7) is 2.06. The molecular weight excluding hydrogens is 354 g/mol. The molecule has 23 heavy (non-hydrogen) atoms. The molecule has 0 aliphatic heterocycles. The number of hydrogen-bond acceptors (Lipinski definition) is 3. The van der Waals surface area contributed by atoms with E-state index in [1.807, 2.05) is 42.5 Å². The van der Waals surface area contributed by atoms with Crippen molar-refractivity contribution in [1.29, 1.82) is 0 Å². The summed E-state index contributed by atoms with van der Waals surface area (Å²) in [5, 5.41) is 4.96. The minimum Gasteiger partial charge on any atom is -0.267 e. The van der Waals surface area contributed by atoms with Crippen molar-refractivity contribution in [3.8, 4) is 0 Å². The van der Waals surface area contributed by atoms with Gasteiger partial charge in [-0.3, -0.25) is 4.79 Å². The summed E-state index contributed by atoms with van der Waals surface area (Å²) in [4.78, 5) is 17.3. The van der Waals surface area contributed by atoms with E-state index in [1.54, 1.807) is 12.3 Å². The predicted molar refractivity (Wildman–Crippen MR) is 97.1 cm³/mol. The summed E-state index contributed by atoms with van der Waals surface area (Å²) in [6, 6.07) is 15.1. The highest BCUT2D eigenvalue weighted by atomic mass is 79.9. The van der Waals surface area contributed by atoms with Crippen LogP contribution in [-0.2, 0) is 6.42 Å². The van der Waals surface area contributed by atoms with Gasteiger partial charge in [-0.15, -0.1) is 0 Å². The van der Waals surface area contributed by atoms with E-state index < -0.39 is 0 Å². The molecule has 4 nitrogen and oxygen atoms in total. The third-order valence-corrected chi connectivity index (χ3v) is 3.96. The highest BCUT2D eigenvalue weighted by Crippen LogP contribution is 2.11. The van der Waals surface area contributed by atoms with E-state index in [-0.39, 0.29) is 5.56 Å². The van der Waals surface area contributed by atoms with E-state index in [4.69, 9.17) is 0 Å². The fourth-order valence-electron chi connectivity index (χ4n) is 2.39. The number of para-hydroxylation sites is 1. The molecule has 5 heteroatoms. The fourth-order valence-corrected chi connectivity index (χ4v) is 2.80. The predicted octanol–water partition coefficient (Wildman–Crippen LogP) is 3.99. The maximum atomic E-state index is 12.7. The first-order valence-electron chi connectivity index (χ1n) is 7.49. The maximum absolute atomic E-state index is 12.7. The molecule has 0 bridgehead atoms. The Labute approximate surface area is 142 Å². The lowest BCUT2D eigenvalue weighted by Gasteiger charge is -2.08. The molecule has 0 saturated heterocycles. The monoisotopic (exact) mass is 369 g/mol. The van der Waals surface area contributed by atoms with Crippen LogP contribution in [0.4, 0.5) is 0 Å². The molecule has 0 N–H and O–H groups in total. The summed E-state index contributed by atoms with van der Waals surface area (Å²) in [5.74, 6) is 0.683. The summed E-state index contributed by atoms with van der Waals surface area (Å²) in [5.41, 5.74) is 1.50. The largest absolute Gasteiger partial charge is 0.282 e. The molecule has 0 aliphatic rings. The van der Waals surface area contributed by atoms with Crippen LogP contribution >= 0.6 is 15.9 Å². The Morgan fingerprint density at radius 3 is 2.83 bits per heavy atom. The van der Waals surface area contributed by atoms with Gasteiger partial charge in [-0.25, -0.2) is 4.98 Å². The normalized spacial score (nSPS) is 11.4. The molecule has 116 valence electrons. The van der Waals surface area contributed by atoms with Crippen LogP contribution in [0.25, 0.3) is 10.9 Å². The molecule has 0 fully saturated rings. The van der Waals surface area contributed by atoms with Gasteiger partial charge in [0.1, 0.15) is 5.82 Å². The molecule has 0 atom stereocenters. The van der Waals surface area contributed by atoms with Crippen molar-refractivity contribution < 1.29 is 0 Å². The number of aromatic nitrogens is 2. The molecule has 3 rings (SSSR count). The number of halogens is 1. The maximum Gasteiger partial charge on any atom is 0.282 e. The highest BCUT2D eigenvalue weighted by molar-refractivity contribution is 9.10. The van der Waals surface area contributed by atoms with Gasteiger partial charge < -0.3 is 0 Å². The molecule has 1 heterocycles. The summed E-state index contributed by atoms with van der Waals surface area (Å²) < 4.78 is 2.38. The van der Waals surface area contributed by atoms with E-state index in [9.17, 15) is 4.79 Å². The number of fused-ring (bicyclic) bond motifs is 1. The zero-order valence-electron chi connectivity index (χ0n) is 12.7. The Balaban J connectivity index is 2.13. The lowest BCUT2D eigenvalue weighted by atomic mass is 10.2. The van der Waals surface area contributed by atoms with Gasteiger partial charge in [0.25, 0.3) is 5.56 Å². The van der Waals surface area contributed by atoms with Crippen molar-refractivity contribution in [3.05, 3.63) is 74.7 Å². The third-order valence-electron chi connectivity index (χ3n) is 3.47. The Hall–Kier alpha value is -2.27. The molecule has 0 radical (unpaired) electrons. The SMILES string of the molecule is CCCc1nc2ccccc2c(=O)n1/N=C\c1cccc(Br)c1. The van der Waals surface area contributed by atoms with Gasteiger partial charge in [-0.1, -0.05) is 47.1 Å². The Morgan fingerprint density at radius 1 is 1.22 bits per heavy atom. The van der Waals surface area contributed by atoms with E-state index in [0.717, 1.165) is 22.0 Å². The van der Waals surface area contributed by atoms with Gasteiger partial charge in [-0.05, 0) is 36.2 Å². The van der Waals surface area contributed by atoms with Gasteiger partial charge in [0.05, 0.1) is 17.1 Å². The molecule has 0 unspecified atom stereocenters. The third kappa shape index (κ3) is 3.40. The fraction of sp³-hybridized carbons (Fsp3) is 0.167. The second kappa shape index (κ2) is 6.87. The van der Waals surface area contributed by atoms with Crippen molar-refractivity contribution in [2.24, 2.45) is 5.10 Å². The molecule has 0 aliphatic carbocycles. The summed E-state index contributed by atoms with van der Waals surface area (Å²) >= 11 is 3.43. The van der Waals surface area contributed by atoms with Crippen LogP contribution in [0.3, 0.4) is 0 Å². The van der Waals surface area contributed by atoms with Crippen molar-refractivity contribution in [1.82, 2.24) is 9.66 Å². The van der Waals surface area contributed by atoms with Crippen molar-refractivity contribution in [2.45, 2.75) is 19.8 Å². The van der Waals surface area contributed by atoms with Gasteiger partial charge >= 0.3 is 0 Å². The first kappa shape index (κ1) is 15.6. The Bertz CT molecular complexity index is 931. The summed E-state index contributed by atoms with van der Waals surface area (Å²) in [7, 11) is 0. The van der Waals surface area contributed by atoms with Crippen molar-refractivity contribution in [2.75, 3.05) is 0 Å². The second-order valence-electron chi connectivity index (χ2n) is 5.21. The van der Waals surface area contributed by atoms with E-state index in [2.05, 4.69) is 32.9 Å². The zero-order chi connectivity index (χ0) is 16.2. The average Bonchev–Trinajstić information content (AvgIpc) is 2.55. The molecule has 3 aromatic rings. The Kier molecular flexibility index (Phi) is 4.67. The Morgan fingerprint density at radius 2 is 2.04 bits per heavy atom. The molecule has 0 saturated carbocycles. The van der Waals surface area contributed by atoms with Gasteiger partial charge in [0, 0.05) is 10.9 Å². The van der Waals surface area contributed by atoms with Crippen LogP contribution in [0.2, 0.25) is 0 Å². The molecular formula is C18H16BrN3O. The van der Waals surface area contributed by atoms with Gasteiger partial charge in [0.15, 0.2) is 0 Å². The van der Waals surface area contributed by atoms with Crippen LogP contribution in [0.15, 0.2) is 62.9 Å². The molecule has 2 aromatic carbocycles. The van der Waals surface area contributed by atoms with E-state index in [0.29, 0.717) is 17.6 Å². The standard InChI is InChI=1S/C18H16BrN3O/c1-2-6-17-21-16-10-4-3-9-15(16)18(23)22(17)20-12-13-7-5-8-14(19)11-13/h3-5,7-12H,2,6H2,1H3/b20-12-. The van der Waals surface area contributed by atoms with Crippen LogP contribution in [0.5, 0.6) is 0 Å². The zero-order valence-corrected chi connectivity index (χ0v) is 14.3. The first-order valence-corrected chi connectivity index (χ1v) is 8.29. The number of rotatable bonds is 4. The number of benzene rings is 2.